The van der Waals surface area contributed by atoms with Gasteiger partial charge < -0.3 is 33.2 Å². The summed E-state index contributed by atoms with van der Waals surface area (Å²) in [4.78, 5) is 35.1. The van der Waals surface area contributed by atoms with Crippen molar-refractivity contribution in [3.8, 4) is 0 Å². The van der Waals surface area contributed by atoms with Crippen molar-refractivity contribution in [2.24, 2.45) is 0 Å². The molecule has 0 bridgehead atoms. The highest BCUT2D eigenvalue weighted by Gasteiger charge is 2.13. The molecule has 11 heteroatoms. The second-order valence-electron chi connectivity index (χ2n) is 10.8. The summed E-state index contributed by atoms with van der Waals surface area (Å²) in [5.41, 5.74) is 0. The van der Waals surface area contributed by atoms with Crippen molar-refractivity contribution in [1.29, 1.82) is 0 Å². The Hall–Kier alpha value is -2.23. The van der Waals surface area contributed by atoms with Gasteiger partial charge in [-0.15, -0.1) is 0 Å². The Kier molecular flexibility index (Phi) is 25.0. The van der Waals surface area contributed by atoms with E-state index in [1.807, 2.05) is 21.1 Å². The fraction of sp³-hybridized carbons (Fsp3) is 0.677. The Morgan fingerprint density at radius 3 is 1.88 bits per heavy atom. The molecule has 0 fully saturated rings. The first-order chi connectivity index (χ1) is 20.1. The van der Waals surface area contributed by atoms with Crippen LogP contribution in [0.15, 0.2) is 48.6 Å². The van der Waals surface area contributed by atoms with Crippen LogP contribution >= 0.6 is 7.82 Å². The molecule has 0 spiro atoms. The topological polar surface area (TPSA) is 123 Å². The predicted molar refractivity (Wildman–Crippen MR) is 166 cm³/mol. The van der Waals surface area contributed by atoms with Crippen molar-refractivity contribution in [2.75, 3.05) is 60.7 Å². The average molecular weight is 615 g/mol. The van der Waals surface area contributed by atoms with Crippen LogP contribution in [-0.4, -0.2) is 77.2 Å². The van der Waals surface area contributed by atoms with Gasteiger partial charge in [0.15, 0.2) is 0 Å². The highest BCUT2D eigenvalue weighted by Crippen LogP contribution is 2.38. The van der Waals surface area contributed by atoms with Gasteiger partial charge in [-0.3, -0.25) is 9.36 Å². The number of carbonyl (C=O) groups excluding carboxylic acids is 2. The van der Waals surface area contributed by atoms with Crippen molar-refractivity contribution >= 4 is 19.9 Å². The van der Waals surface area contributed by atoms with Crippen LogP contribution in [0.2, 0.25) is 0 Å². The number of unbranched alkanes of at least 4 members (excludes halogenated alkanes) is 4. The van der Waals surface area contributed by atoms with Crippen molar-refractivity contribution in [3.05, 3.63) is 48.6 Å². The van der Waals surface area contributed by atoms with E-state index in [0.29, 0.717) is 17.4 Å². The van der Waals surface area contributed by atoms with E-state index in [0.717, 1.165) is 32.1 Å². The summed E-state index contributed by atoms with van der Waals surface area (Å²) in [5.74, 6) is -0.106. The average Bonchev–Trinajstić information content (AvgIpc) is 2.91. The number of hydrogen-bond donors (Lipinski definition) is 1. The number of likely N-dealkylation sites (N-methyl/N-ethyl adjacent to an activating group) is 1. The van der Waals surface area contributed by atoms with Crippen molar-refractivity contribution < 1.29 is 42.1 Å². The molecule has 1 unspecified atom stereocenters. The maximum absolute atomic E-state index is 11.9. The molecule has 1 amide bonds. The van der Waals surface area contributed by atoms with Crippen LogP contribution in [0.25, 0.3) is 0 Å². The Morgan fingerprint density at radius 2 is 1.29 bits per heavy atom. The first kappa shape index (κ1) is 39.8. The first-order valence-electron chi connectivity index (χ1n) is 15.1. The van der Waals surface area contributed by atoms with E-state index in [1.165, 1.54) is 25.7 Å². The van der Waals surface area contributed by atoms with Gasteiger partial charge in [0, 0.05) is 12.8 Å². The Bertz CT molecular complexity index is 865. The van der Waals surface area contributed by atoms with E-state index in [-0.39, 0.29) is 45.3 Å². The fourth-order valence-electron chi connectivity index (χ4n) is 3.25. The van der Waals surface area contributed by atoms with Crippen LogP contribution in [0.5, 0.6) is 0 Å². The van der Waals surface area contributed by atoms with Crippen LogP contribution in [-0.2, 0) is 27.9 Å². The predicted octanol–water partition coefficient (Wildman–Crippen LogP) is 6.00. The van der Waals surface area contributed by atoms with Gasteiger partial charge in [0.1, 0.15) is 19.8 Å². The molecule has 0 aromatic heterocycles. The minimum absolute atomic E-state index is 0.0197. The van der Waals surface area contributed by atoms with E-state index in [9.17, 15) is 19.0 Å². The van der Waals surface area contributed by atoms with Gasteiger partial charge in [-0.05, 0) is 44.9 Å². The maximum atomic E-state index is 11.9. The van der Waals surface area contributed by atoms with Crippen molar-refractivity contribution in [1.82, 2.24) is 5.32 Å². The molecular weight excluding hydrogens is 559 g/mol. The Labute approximate surface area is 254 Å². The van der Waals surface area contributed by atoms with Gasteiger partial charge in [0.25, 0.3) is 7.82 Å². The molecule has 0 aromatic rings. The summed E-state index contributed by atoms with van der Waals surface area (Å²) in [6.07, 6.45) is 26.4. The second-order valence-corrected chi connectivity index (χ2v) is 12.2. The third-order valence-electron chi connectivity index (χ3n) is 5.65. The molecule has 0 heterocycles. The number of carbonyl (C=O) groups is 2. The second kappa shape index (κ2) is 26.4. The molecule has 10 nitrogen and oxygen atoms in total. The molecule has 0 aromatic carbocycles. The molecule has 0 aliphatic carbocycles. The quantitative estimate of drug-likeness (QED) is 0.0414. The lowest BCUT2D eigenvalue weighted by molar-refractivity contribution is -0.870. The standard InChI is InChI=1S/C31H55N2O8P/c1-5-6-7-8-9-10-11-12-13-14-15-16-17-18-19-20-21-23-30(34)32-24-28-39-31(35)38-26-22-27-40-42(36,37)41-29-25-33(2,3)4/h9-10,12-13,15-16,18-19H,5-8,11,14,17,20-29H2,1-4H3,(H-,32,34,36,37)/b10-9-,13-12-,16-15-,19-18-. The zero-order chi connectivity index (χ0) is 31.4. The lowest BCUT2D eigenvalue weighted by atomic mass is 10.2. The van der Waals surface area contributed by atoms with Gasteiger partial charge in [-0.1, -0.05) is 68.4 Å². The number of rotatable bonds is 26. The maximum Gasteiger partial charge on any atom is 0.508 e. The van der Waals surface area contributed by atoms with Crippen LogP contribution in [0, 0.1) is 0 Å². The molecule has 0 radical (unpaired) electrons. The van der Waals surface area contributed by atoms with Crippen molar-refractivity contribution in [2.45, 2.75) is 77.6 Å². The molecule has 0 aliphatic rings. The Morgan fingerprint density at radius 1 is 0.738 bits per heavy atom. The van der Waals surface area contributed by atoms with E-state index in [4.69, 9.17) is 18.5 Å². The zero-order valence-electron chi connectivity index (χ0n) is 26.3. The molecule has 1 N–H and O–H groups in total. The summed E-state index contributed by atoms with van der Waals surface area (Å²) in [6, 6.07) is 0. The molecule has 0 rings (SSSR count). The lowest BCUT2D eigenvalue weighted by Gasteiger charge is -2.27. The van der Waals surface area contributed by atoms with Gasteiger partial charge >= 0.3 is 6.16 Å². The lowest BCUT2D eigenvalue weighted by Crippen LogP contribution is -2.37. The number of amides is 1. The molecule has 242 valence electrons. The molecule has 0 aliphatic heterocycles. The number of nitrogens with zero attached hydrogens (tertiary/aromatic N) is 1. The summed E-state index contributed by atoms with van der Waals surface area (Å²) in [5, 5.41) is 2.69. The first-order valence-corrected chi connectivity index (χ1v) is 16.6. The highest BCUT2D eigenvalue weighted by atomic mass is 31.2. The van der Waals surface area contributed by atoms with Crippen molar-refractivity contribution in [3.63, 3.8) is 0 Å². The molecule has 1 atom stereocenters. The highest BCUT2D eigenvalue weighted by molar-refractivity contribution is 7.45. The van der Waals surface area contributed by atoms with Gasteiger partial charge in [-0.25, -0.2) is 4.79 Å². The molecule has 0 saturated heterocycles. The van der Waals surface area contributed by atoms with Gasteiger partial charge in [-0.2, -0.15) is 0 Å². The van der Waals surface area contributed by atoms with Crippen LogP contribution in [0.4, 0.5) is 4.79 Å². The van der Waals surface area contributed by atoms with Gasteiger partial charge in [0.2, 0.25) is 5.91 Å². The number of allylic oxidation sites excluding steroid dienone is 8. The van der Waals surface area contributed by atoms with E-state index in [2.05, 4.69) is 60.8 Å². The number of hydrogen-bond acceptors (Lipinski definition) is 8. The zero-order valence-corrected chi connectivity index (χ0v) is 27.2. The number of quaternary nitrogens is 1. The molecule has 0 saturated carbocycles. The number of nitrogens with one attached hydrogen (secondary N) is 1. The van der Waals surface area contributed by atoms with E-state index >= 15 is 0 Å². The SMILES string of the molecule is CCCCC/C=C\C/C=C\C/C=C\C/C=C\CCCC(=O)NCCOC(=O)OCCCOP(=O)([O-])OCC[N+](C)(C)C. The van der Waals surface area contributed by atoms with E-state index < -0.39 is 14.0 Å². The normalized spacial score (nSPS) is 13.8. The summed E-state index contributed by atoms with van der Waals surface area (Å²) < 4.78 is 31.5. The fourth-order valence-corrected chi connectivity index (χ4v) is 3.98. The summed E-state index contributed by atoms with van der Waals surface area (Å²) in [7, 11) is 1.37. The van der Waals surface area contributed by atoms with Crippen LogP contribution in [0.1, 0.15) is 77.6 Å². The summed E-state index contributed by atoms with van der Waals surface area (Å²) in [6.45, 7) is 2.68. The number of phosphoric ester groups is 1. The third-order valence-corrected chi connectivity index (χ3v) is 6.64. The summed E-state index contributed by atoms with van der Waals surface area (Å²) >= 11 is 0. The van der Waals surface area contributed by atoms with E-state index in [1.54, 1.807) is 0 Å². The molecule has 42 heavy (non-hydrogen) atoms. The van der Waals surface area contributed by atoms with Crippen LogP contribution < -0.4 is 10.2 Å². The van der Waals surface area contributed by atoms with Gasteiger partial charge in [0.05, 0.1) is 40.9 Å². The minimum atomic E-state index is -4.38. The molecular formula is C31H55N2O8P. The Balaban J connectivity index is 3.64. The number of phosphoric acid groups is 1. The van der Waals surface area contributed by atoms with Crippen LogP contribution in [0.3, 0.4) is 0 Å². The number of ether oxygens (including phenoxy) is 2. The smallest absolute Gasteiger partial charge is 0.508 e. The third kappa shape index (κ3) is 30.7. The largest absolute Gasteiger partial charge is 0.756 e. The monoisotopic (exact) mass is 614 g/mol. The minimum Gasteiger partial charge on any atom is -0.756 e.